The van der Waals surface area contributed by atoms with Crippen LogP contribution in [0.2, 0.25) is 0 Å². The average molecular weight is 457 g/mol. The van der Waals surface area contributed by atoms with Crippen molar-refractivity contribution in [1.82, 2.24) is 0 Å². The number of Topliss-reactive ketones (excluding diaryl/α,β-unsaturated/α-hetero) is 2. The molecule has 3 nitrogen and oxygen atoms in total. The zero-order valence-corrected chi connectivity index (χ0v) is 22.5. The van der Waals surface area contributed by atoms with Gasteiger partial charge in [-0.3, -0.25) is 9.59 Å². The van der Waals surface area contributed by atoms with Gasteiger partial charge in [-0.05, 0) is 60.2 Å². The third kappa shape index (κ3) is 3.46. The lowest BCUT2D eigenvalue weighted by Crippen LogP contribution is -2.59. The van der Waals surface area contributed by atoms with Crippen LogP contribution in [0, 0.1) is 45.3 Å². The van der Waals surface area contributed by atoms with Gasteiger partial charge in [0.2, 0.25) is 0 Å². The number of rotatable bonds is 5. The van der Waals surface area contributed by atoms with E-state index in [-0.39, 0.29) is 39.1 Å². The third-order valence-corrected chi connectivity index (χ3v) is 11.5. The Morgan fingerprint density at radius 3 is 2.21 bits per heavy atom. The average Bonchev–Trinajstić information content (AvgIpc) is 2.97. The highest BCUT2D eigenvalue weighted by molar-refractivity contribution is 6.11. The van der Waals surface area contributed by atoms with Crippen molar-refractivity contribution in [1.29, 1.82) is 0 Å². The molecule has 0 spiro atoms. The number of aliphatic hydroxyl groups excluding tert-OH is 1. The van der Waals surface area contributed by atoms with E-state index in [1.165, 1.54) is 19.3 Å². The lowest BCUT2D eigenvalue weighted by molar-refractivity contribution is -0.141. The van der Waals surface area contributed by atoms with Crippen LogP contribution in [0.3, 0.4) is 0 Å². The van der Waals surface area contributed by atoms with Gasteiger partial charge in [-0.1, -0.05) is 74.7 Å². The van der Waals surface area contributed by atoms with E-state index >= 15 is 0 Å². The number of hydrogen-bond donors (Lipinski definition) is 1. The van der Waals surface area contributed by atoms with Gasteiger partial charge in [-0.25, -0.2) is 0 Å². The fourth-order valence-electron chi connectivity index (χ4n) is 9.16. The maximum atomic E-state index is 14.0. The van der Waals surface area contributed by atoms with Crippen LogP contribution in [0.25, 0.3) is 0 Å². The fourth-order valence-corrected chi connectivity index (χ4v) is 9.16. The molecule has 0 bridgehead atoms. The van der Waals surface area contributed by atoms with Crippen LogP contribution in [0.5, 0.6) is 0 Å². The molecule has 0 aromatic rings. The molecule has 4 aliphatic rings. The second-order valence-corrected chi connectivity index (χ2v) is 14.0. The quantitative estimate of drug-likeness (QED) is 0.488. The molecule has 0 radical (unpaired) electrons. The summed E-state index contributed by atoms with van der Waals surface area (Å²) in [6.07, 6.45) is 8.04. The zero-order valence-electron chi connectivity index (χ0n) is 22.5. The van der Waals surface area contributed by atoms with E-state index in [9.17, 15) is 14.7 Å². The van der Waals surface area contributed by atoms with Crippen molar-refractivity contribution in [2.24, 2.45) is 45.3 Å². The molecule has 0 aliphatic heterocycles. The first-order valence-electron chi connectivity index (χ1n) is 13.7. The molecule has 1 N–H and O–H groups in total. The lowest BCUT2D eigenvalue weighted by Gasteiger charge is -2.60. The molecule has 0 aromatic carbocycles. The maximum absolute atomic E-state index is 14.0. The van der Waals surface area contributed by atoms with Gasteiger partial charge in [0.25, 0.3) is 0 Å². The van der Waals surface area contributed by atoms with Gasteiger partial charge >= 0.3 is 0 Å². The number of allylic oxidation sites excluding steroid dienone is 2. The Labute approximate surface area is 202 Å². The number of carbonyl (C=O) groups excluding carboxylic acids is 2. The van der Waals surface area contributed by atoms with Gasteiger partial charge in [-0.2, -0.15) is 0 Å². The molecular formula is C30H48O3. The molecule has 0 heterocycles. The molecule has 0 saturated heterocycles. The normalized spacial score (nSPS) is 43.4. The summed E-state index contributed by atoms with van der Waals surface area (Å²) in [5.74, 6) is 2.27. The predicted octanol–water partition coefficient (Wildman–Crippen LogP) is 6.92. The fraction of sp³-hybridized carbons (Fsp3) is 0.867. The van der Waals surface area contributed by atoms with Crippen molar-refractivity contribution in [2.75, 3.05) is 0 Å². The number of ketones is 2. The summed E-state index contributed by atoms with van der Waals surface area (Å²) in [6, 6.07) is 0. The van der Waals surface area contributed by atoms with Crippen LogP contribution in [0.1, 0.15) is 113 Å². The van der Waals surface area contributed by atoms with Crippen LogP contribution in [-0.2, 0) is 9.59 Å². The molecule has 0 unspecified atom stereocenters. The molecule has 2 saturated carbocycles. The summed E-state index contributed by atoms with van der Waals surface area (Å²) in [5, 5.41) is 10.8. The lowest BCUT2D eigenvalue weighted by atomic mass is 9.43. The van der Waals surface area contributed by atoms with Crippen molar-refractivity contribution in [3.63, 3.8) is 0 Å². The van der Waals surface area contributed by atoms with E-state index in [4.69, 9.17) is 0 Å². The van der Waals surface area contributed by atoms with Crippen LogP contribution in [-0.4, -0.2) is 22.8 Å². The summed E-state index contributed by atoms with van der Waals surface area (Å²) in [5.41, 5.74) is 0.780. The van der Waals surface area contributed by atoms with Crippen molar-refractivity contribution in [2.45, 2.75) is 119 Å². The molecule has 2 fully saturated rings. The Bertz CT molecular complexity index is 866. The van der Waals surface area contributed by atoms with Gasteiger partial charge in [0.1, 0.15) is 0 Å². The largest absolute Gasteiger partial charge is 0.393 e. The Balaban J connectivity index is 1.74. The van der Waals surface area contributed by atoms with E-state index in [0.29, 0.717) is 31.1 Å². The summed E-state index contributed by atoms with van der Waals surface area (Å²) < 4.78 is 0. The molecule has 4 aliphatic carbocycles. The van der Waals surface area contributed by atoms with Gasteiger partial charge in [0.15, 0.2) is 11.6 Å². The van der Waals surface area contributed by atoms with Crippen molar-refractivity contribution in [3.05, 3.63) is 11.1 Å². The van der Waals surface area contributed by atoms with E-state index in [0.717, 1.165) is 36.3 Å². The minimum atomic E-state index is -0.410. The SMILES string of the molecule is CC(C)CCC[C@H](C)[C@@H]1CC[C@]2(C)C3=C(C(=O)C[C@]12C)[C@]1(C)CC[C@@H](O)C(C)(C)[C@H]1CC3=O. The zero-order chi connectivity index (χ0) is 24.6. The molecular weight excluding hydrogens is 408 g/mol. The Hall–Kier alpha value is -0.960. The second kappa shape index (κ2) is 8.04. The molecule has 7 atom stereocenters. The summed E-state index contributed by atoms with van der Waals surface area (Å²) in [7, 11) is 0. The Morgan fingerprint density at radius 2 is 1.58 bits per heavy atom. The summed E-state index contributed by atoms with van der Waals surface area (Å²) in [4.78, 5) is 27.9. The van der Waals surface area contributed by atoms with Crippen LogP contribution >= 0.6 is 0 Å². The standard InChI is InChI=1S/C30H48O3/c1-18(2)10-9-11-19(3)20-12-15-29(7)26-21(31)16-23-27(4,5)24(33)13-14-28(23,6)25(26)22(32)17-30(20,29)8/h18-20,23-24,33H,9-17H2,1-8H3/t19-,20-,23+,24+,28+,29+,30+/m0/s1. The van der Waals surface area contributed by atoms with Crippen molar-refractivity contribution < 1.29 is 14.7 Å². The molecule has 4 rings (SSSR count). The maximum Gasteiger partial charge on any atom is 0.160 e. The number of carbonyl (C=O) groups is 2. The minimum Gasteiger partial charge on any atom is -0.393 e. The third-order valence-electron chi connectivity index (χ3n) is 11.5. The smallest absolute Gasteiger partial charge is 0.160 e. The monoisotopic (exact) mass is 456 g/mol. The highest BCUT2D eigenvalue weighted by Crippen LogP contribution is 2.71. The van der Waals surface area contributed by atoms with Gasteiger partial charge < -0.3 is 5.11 Å². The Kier molecular flexibility index (Phi) is 6.12. The highest BCUT2D eigenvalue weighted by Gasteiger charge is 2.67. The number of fused-ring (bicyclic) bond motifs is 4. The first kappa shape index (κ1) is 25.1. The number of aliphatic hydroxyl groups is 1. The van der Waals surface area contributed by atoms with Crippen molar-refractivity contribution >= 4 is 11.6 Å². The molecule has 0 aromatic heterocycles. The first-order chi connectivity index (χ1) is 15.2. The van der Waals surface area contributed by atoms with Gasteiger partial charge in [-0.15, -0.1) is 0 Å². The van der Waals surface area contributed by atoms with Gasteiger partial charge in [0, 0.05) is 34.8 Å². The predicted molar refractivity (Wildman–Crippen MR) is 134 cm³/mol. The molecule has 0 amide bonds. The second-order valence-electron chi connectivity index (χ2n) is 14.0. The first-order valence-corrected chi connectivity index (χ1v) is 13.7. The minimum absolute atomic E-state index is 0.0315. The van der Waals surface area contributed by atoms with Gasteiger partial charge in [0.05, 0.1) is 6.10 Å². The van der Waals surface area contributed by atoms with E-state index in [1.807, 2.05) is 0 Å². The van der Waals surface area contributed by atoms with Crippen molar-refractivity contribution in [3.8, 4) is 0 Å². The summed E-state index contributed by atoms with van der Waals surface area (Å²) in [6.45, 7) is 18.1. The number of hydrogen-bond acceptors (Lipinski definition) is 3. The highest BCUT2D eigenvalue weighted by atomic mass is 16.3. The summed E-state index contributed by atoms with van der Waals surface area (Å²) >= 11 is 0. The van der Waals surface area contributed by atoms with E-state index in [1.54, 1.807) is 0 Å². The Morgan fingerprint density at radius 1 is 0.909 bits per heavy atom. The van der Waals surface area contributed by atoms with E-state index < -0.39 is 6.10 Å². The van der Waals surface area contributed by atoms with Crippen LogP contribution in [0.15, 0.2) is 11.1 Å². The molecule has 186 valence electrons. The molecule has 33 heavy (non-hydrogen) atoms. The van der Waals surface area contributed by atoms with E-state index in [2.05, 4.69) is 55.4 Å². The van der Waals surface area contributed by atoms with Crippen LogP contribution in [0.4, 0.5) is 0 Å². The molecule has 3 heteroatoms. The topological polar surface area (TPSA) is 54.4 Å². The van der Waals surface area contributed by atoms with Crippen LogP contribution < -0.4 is 0 Å².